The lowest BCUT2D eigenvalue weighted by molar-refractivity contribution is -0.138. The van der Waals surface area contributed by atoms with Gasteiger partial charge in [0.1, 0.15) is 5.75 Å². The molecule has 0 radical (unpaired) electrons. The molecular weight excluding hydrogens is 467 g/mol. The summed E-state index contributed by atoms with van der Waals surface area (Å²) in [5, 5.41) is 3.08. The van der Waals surface area contributed by atoms with Crippen LogP contribution in [-0.2, 0) is 18.0 Å². The molecule has 5 nitrogen and oxygen atoms in total. The number of pyridine rings is 1. The van der Waals surface area contributed by atoms with E-state index >= 15 is 0 Å². The molecule has 2 heterocycles. The summed E-state index contributed by atoms with van der Waals surface area (Å²) in [5.41, 5.74) is 0.767. The Morgan fingerprint density at radius 1 is 1.03 bits per heavy atom. The smallest absolute Gasteiger partial charge is 0.416 e. The lowest BCUT2D eigenvalue weighted by Crippen LogP contribution is -2.49. The third-order valence-corrected chi connectivity index (χ3v) is 6.98. The second-order valence-electron chi connectivity index (χ2n) is 9.12. The van der Waals surface area contributed by atoms with Gasteiger partial charge in [-0.1, -0.05) is 36.4 Å². The van der Waals surface area contributed by atoms with Gasteiger partial charge in [-0.15, -0.1) is 0 Å². The number of piperidine rings is 1. The van der Waals surface area contributed by atoms with Crippen molar-refractivity contribution in [2.75, 3.05) is 33.3 Å². The molecule has 0 unspecified atom stereocenters. The van der Waals surface area contributed by atoms with Gasteiger partial charge >= 0.3 is 6.18 Å². The zero-order valence-corrected chi connectivity index (χ0v) is 20.2. The molecule has 8 heteroatoms. The number of nitrogens with one attached hydrogen (secondary N) is 1. The highest BCUT2D eigenvalue weighted by atomic mass is 19.4. The Morgan fingerprint density at radius 3 is 2.42 bits per heavy atom. The molecule has 4 rings (SSSR count). The molecule has 1 aromatic heterocycles. The summed E-state index contributed by atoms with van der Waals surface area (Å²) in [6.45, 7) is 2.36. The van der Waals surface area contributed by atoms with Crippen LogP contribution < -0.4 is 10.1 Å². The molecule has 0 bridgehead atoms. The lowest BCUT2D eigenvalue weighted by Gasteiger charge is -2.41. The number of para-hydroxylation sites is 1. The molecular formula is C28H30F3N3O2. The molecule has 0 aliphatic carbocycles. The van der Waals surface area contributed by atoms with Gasteiger partial charge in [-0.2, -0.15) is 13.2 Å². The minimum absolute atomic E-state index is 0.214. The van der Waals surface area contributed by atoms with E-state index in [4.69, 9.17) is 4.74 Å². The normalized spacial score (nSPS) is 15.9. The molecule has 36 heavy (non-hydrogen) atoms. The predicted octanol–water partition coefficient (Wildman–Crippen LogP) is 5.12. The van der Waals surface area contributed by atoms with E-state index < -0.39 is 11.7 Å². The van der Waals surface area contributed by atoms with Gasteiger partial charge in [0.2, 0.25) is 0 Å². The number of likely N-dealkylation sites (tertiary alicyclic amines) is 1. The first kappa shape index (κ1) is 25.7. The number of benzene rings is 2. The van der Waals surface area contributed by atoms with Gasteiger partial charge in [0, 0.05) is 30.4 Å². The fourth-order valence-corrected chi connectivity index (χ4v) is 4.87. The fourth-order valence-electron chi connectivity index (χ4n) is 4.87. The molecule has 1 amide bonds. The van der Waals surface area contributed by atoms with Gasteiger partial charge in [0.05, 0.1) is 18.2 Å². The van der Waals surface area contributed by atoms with E-state index in [1.165, 1.54) is 13.2 Å². The van der Waals surface area contributed by atoms with E-state index in [1.807, 2.05) is 24.3 Å². The molecule has 190 valence electrons. The number of hydrogen-bond donors (Lipinski definition) is 1. The number of ether oxygens (including phenoxy) is 1. The number of aromatic nitrogens is 1. The number of halogens is 3. The first-order valence-corrected chi connectivity index (χ1v) is 12.0. The summed E-state index contributed by atoms with van der Waals surface area (Å²) in [6.07, 6.45) is -0.809. The SMILES string of the molecule is COc1ccccc1C(=O)NCC1(c2ccccn2)CCN(CCc2ccccc2C(F)(F)F)CC1. The predicted molar refractivity (Wildman–Crippen MR) is 132 cm³/mol. The van der Waals surface area contributed by atoms with Crippen molar-refractivity contribution < 1.29 is 22.7 Å². The summed E-state index contributed by atoms with van der Waals surface area (Å²) >= 11 is 0. The van der Waals surface area contributed by atoms with Crippen LogP contribution in [0.5, 0.6) is 5.75 Å². The molecule has 1 fully saturated rings. The molecule has 1 N–H and O–H groups in total. The summed E-state index contributed by atoms with van der Waals surface area (Å²) in [4.78, 5) is 19.8. The summed E-state index contributed by atoms with van der Waals surface area (Å²) in [5.74, 6) is 0.296. The molecule has 1 aliphatic rings. The lowest BCUT2D eigenvalue weighted by atomic mass is 9.75. The zero-order chi connectivity index (χ0) is 25.6. The van der Waals surface area contributed by atoms with Gasteiger partial charge in [0.15, 0.2) is 0 Å². The minimum atomic E-state index is -4.35. The zero-order valence-electron chi connectivity index (χ0n) is 20.2. The maximum Gasteiger partial charge on any atom is 0.416 e. The molecule has 2 aromatic carbocycles. The Hall–Kier alpha value is -3.39. The van der Waals surface area contributed by atoms with Gasteiger partial charge in [-0.05, 0) is 68.2 Å². The Morgan fingerprint density at radius 2 is 1.72 bits per heavy atom. The molecule has 3 aromatic rings. The van der Waals surface area contributed by atoms with Crippen LogP contribution in [0.2, 0.25) is 0 Å². The standard InChI is InChI=1S/C28H30F3N3O2/c1-36-24-11-5-3-9-22(24)26(35)33-20-27(25-12-6-7-16-32-25)14-18-34(19-15-27)17-13-21-8-2-4-10-23(21)28(29,30)31/h2-12,16H,13-15,17-20H2,1H3,(H,33,35). The summed E-state index contributed by atoms with van der Waals surface area (Å²) < 4.78 is 45.4. The summed E-state index contributed by atoms with van der Waals surface area (Å²) in [7, 11) is 1.53. The van der Waals surface area contributed by atoms with E-state index in [-0.39, 0.29) is 11.3 Å². The number of amides is 1. The summed E-state index contributed by atoms with van der Waals surface area (Å²) in [6, 6.07) is 18.6. The molecule has 0 atom stereocenters. The van der Waals surface area contributed by atoms with Crippen LogP contribution in [0, 0.1) is 0 Å². The van der Waals surface area contributed by atoms with Crippen LogP contribution in [0.4, 0.5) is 13.2 Å². The third-order valence-electron chi connectivity index (χ3n) is 6.98. The first-order valence-electron chi connectivity index (χ1n) is 12.0. The highest BCUT2D eigenvalue weighted by molar-refractivity contribution is 5.96. The van der Waals surface area contributed by atoms with Crippen molar-refractivity contribution in [1.82, 2.24) is 15.2 Å². The number of hydrogen-bond acceptors (Lipinski definition) is 4. The number of alkyl halides is 3. The van der Waals surface area contributed by atoms with Crippen molar-refractivity contribution in [3.8, 4) is 5.75 Å². The second-order valence-corrected chi connectivity index (χ2v) is 9.12. The van der Waals surface area contributed by atoms with E-state index in [1.54, 1.807) is 36.5 Å². The third kappa shape index (κ3) is 5.87. The van der Waals surface area contributed by atoms with Gasteiger partial charge in [0.25, 0.3) is 5.91 Å². The van der Waals surface area contributed by atoms with Crippen molar-refractivity contribution in [2.45, 2.75) is 30.9 Å². The number of nitrogens with zero attached hydrogens (tertiary/aromatic N) is 2. The van der Waals surface area contributed by atoms with Crippen molar-refractivity contribution in [2.24, 2.45) is 0 Å². The van der Waals surface area contributed by atoms with Crippen molar-refractivity contribution in [1.29, 1.82) is 0 Å². The highest BCUT2D eigenvalue weighted by Gasteiger charge is 2.38. The van der Waals surface area contributed by atoms with Crippen LogP contribution in [0.15, 0.2) is 72.9 Å². The van der Waals surface area contributed by atoms with Crippen LogP contribution in [0.25, 0.3) is 0 Å². The minimum Gasteiger partial charge on any atom is -0.496 e. The Labute approximate surface area is 209 Å². The largest absolute Gasteiger partial charge is 0.496 e. The van der Waals surface area contributed by atoms with E-state index in [0.717, 1.165) is 24.6 Å². The van der Waals surface area contributed by atoms with Gasteiger partial charge in [-0.25, -0.2) is 0 Å². The van der Waals surface area contributed by atoms with Crippen molar-refractivity contribution >= 4 is 5.91 Å². The Bertz CT molecular complexity index is 1160. The number of methoxy groups -OCH3 is 1. The quantitative estimate of drug-likeness (QED) is 0.470. The topological polar surface area (TPSA) is 54.5 Å². The number of carbonyl (C=O) groups excluding carboxylic acids is 1. The van der Waals surface area contributed by atoms with E-state index in [0.29, 0.717) is 49.5 Å². The van der Waals surface area contributed by atoms with Crippen LogP contribution >= 0.6 is 0 Å². The van der Waals surface area contributed by atoms with Crippen molar-refractivity contribution in [3.05, 3.63) is 95.3 Å². The average molecular weight is 498 g/mol. The van der Waals surface area contributed by atoms with E-state index in [2.05, 4.69) is 15.2 Å². The van der Waals surface area contributed by atoms with Gasteiger partial charge in [-0.3, -0.25) is 9.78 Å². The number of carbonyl (C=O) groups is 1. The average Bonchev–Trinajstić information content (AvgIpc) is 2.91. The van der Waals surface area contributed by atoms with Crippen LogP contribution in [0.1, 0.15) is 40.0 Å². The molecule has 1 saturated heterocycles. The highest BCUT2D eigenvalue weighted by Crippen LogP contribution is 2.35. The molecule has 0 spiro atoms. The maximum atomic E-state index is 13.4. The second kappa shape index (κ2) is 11.1. The van der Waals surface area contributed by atoms with E-state index in [9.17, 15) is 18.0 Å². The Balaban J connectivity index is 1.43. The fraction of sp³-hybridized carbons (Fsp3) is 0.357. The monoisotopic (exact) mass is 497 g/mol. The first-order chi connectivity index (χ1) is 17.3. The van der Waals surface area contributed by atoms with Gasteiger partial charge < -0.3 is 15.0 Å². The number of rotatable bonds is 8. The van der Waals surface area contributed by atoms with Crippen LogP contribution in [0.3, 0.4) is 0 Å². The van der Waals surface area contributed by atoms with Crippen molar-refractivity contribution in [3.63, 3.8) is 0 Å². The maximum absolute atomic E-state index is 13.4. The molecule has 1 aliphatic heterocycles. The van der Waals surface area contributed by atoms with Crippen LogP contribution in [-0.4, -0.2) is 49.1 Å². The molecule has 0 saturated carbocycles. The Kier molecular flexibility index (Phi) is 7.94.